The molecule has 0 aliphatic rings. The van der Waals surface area contributed by atoms with Gasteiger partial charge in [0, 0.05) is 6.26 Å². The maximum absolute atomic E-state index is 13.1. The van der Waals surface area contributed by atoms with Crippen LogP contribution in [0.4, 0.5) is 13.2 Å². The second-order valence-electron chi connectivity index (χ2n) is 5.85. The predicted molar refractivity (Wildman–Crippen MR) is 91.3 cm³/mol. The van der Waals surface area contributed by atoms with Gasteiger partial charge in [-0.3, -0.25) is 4.68 Å². The molecule has 0 aliphatic carbocycles. The lowest BCUT2D eigenvalue weighted by Gasteiger charge is -2.08. The third kappa shape index (κ3) is 3.96. The van der Waals surface area contributed by atoms with E-state index in [4.69, 9.17) is 0 Å². The van der Waals surface area contributed by atoms with Gasteiger partial charge in [-0.1, -0.05) is 42.5 Å². The number of hydrogen-bond acceptors (Lipinski definition) is 3. The molecule has 0 amide bonds. The fraction of sp³-hybridized carbons (Fsp3) is 0.167. The third-order valence-corrected chi connectivity index (χ3v) is 4.95. The fourth-order valence-electron chi connectivity index (χ4n) is 2.54. The molecule has 0 unspecified atom stereocenters. The minimum atomic E-state index is -4.57. The molecule has 0 atom stereocenters. The Balaban J connectivity index is 2.06. The Morgan fingerprint density at radius 1 is 1.00 bits per heavy atom. The van der Waals surface area contributed by atoms with Gasteiger partial charge in [0.25, 0.3) is 0 Å². The lowest BCUT2D eigenvalue weighted by Crippen LogP contribution is -2.09. The van der Waals surface area contributed by atoms with Crippen LogP contribution in [0.15, 0.2) is 65.6 Å². The Bertz CT molecular complexity index is 1010. The molecule has 0 aliphatic heterocycles. The van der Waals surface area contributed by atoms with Gasteiger partial charge in [0.05, 0.1) is 17.1 Å². The van der Waals surface area contributed by atoms with Gasteiger partial charge in [-0.05, 0) is 29.3 Å². The van der Waals surface area contributed by atoms with E-state index in [9.17, 15) is 21.6 Å². The van der Waals surface area contributed by atoms with Crippen molar-refractivity contribution < 1.29 is 21.6 Å². The minimum Gasteiger partial charge on any atom is -0.260 e. The van der Waals surface area contributed by atoms with Crippen LogP contribution in [0.5, 0.6) is 0 Å². The number of halogens is 3. The van der Waals surface area contributed by atoms with E-state index in [-0.39, 0.29) is 17.1 Å². The van der Waals surface area contributed by atoms with Crippen molar-refractivity contribution in [3.8, 4) is 11.3 Å². The van der Waals surface area contributed by atoms with Crippen LogP contribution in [-0.2, 0) is 22.6 Å². The smallest absolute Gasteiger partial charge is 0.260 e. The van der Waals surface area contributed by atoms with E-state index in [1.807, 2.05) is 6.07 Å². The maximum atomic E-state index is 13.1. The molecule has 1 aromatic heterocycles. The highest BCUT2D eigenvalue weighted by atomic mass is 32.2. The van der Waals surface area contributed by atoms with Gasteiger partial charge in [0.1, 0.15) is 0 Å². The predicted octanol–water partition coefficient (Wildman–Crippen LogP) is 4.02. The van der Waals surface area contributed by atoms with Gasteiger partial charge in [-0.15, -0.1) is 0 Å². The summed E-state index contributed by atoms with van der Waals surface area (Å²) in [7, 11) is -3.38. The van der Waals surface area contributed by atoms with Crippen molar-refractivity contribution in [1.82, 2.24) is 9.78 Å². The van der Waals surface area contributed by atoms with Gasteiger partial charge < -0.3 is 0 Å². The summed E-state index contributed by atoms with van der Waals surface area (Å²) < 4.78 is 63.7. The van der Waals surface area contributed by atoms with Gasteiger partial charge >= 0.3 is 6.18 Å². The van der Waals surface area contributed by atoms with E-state index in [1.54, 1.807) is 24.3 Å². The van der Waals surface area contributed by atoms with Crippen molar-refractivity contribution in [1.29, 1.82) is 0 Å². The first kappa shape index (κ1) is 18.2. The number of hydrogen-bond donors (Lipinski definition) is 0. The van der Waals surface area contributed by atoms with Gasteiger partial charge in [-0.25, -0.2) is 8.42 Å². The molecule has 0 saturated heterocycles. The molecule has 3 rings (SSSR count). The molecule has 0 N–H and O–H groups in total. The molecule has 0 bridgehead atoms. The molecule has 0 spiro atoms. The van der Waals surface area contributed by atoms with E-state index in [1.165, 1.54) is 28.9 Å². The first-order valence-corrected chi connectivity index (χ1v) is 9.53. The zero-order valence-corrected chi connectivity index (χ0v) is 14.6. The van der Waals surface area contributed by atoms with Gasteiger partial charge in [0.15, 0.2) is 15.5 Å². The average Bonchev–Trinajstić information content (AvgIpc) is 2.99. The van der Waals surface area contributed by atoms with Crippen molar-refractivity contribution in [2.75, 3.05) is 6.26 Å². The Kier molecular flexibility index (Phi) is 4.62. The molecule has 3 aromatic rings. The summed E-state index contributed by atoms with van der Waals surface area (Å²) in [4.78, 5) is 0.103. The standard InChI is InChI=1S/C18H15F3N2O2S/c1-26(24,25)15-9-7-14(8-10-15)16-11-17(18(19,20)21)22-23(16)12-13-5-3-2-4-6-13/h2-11H,12H2,1H3. The van der Waals surface area contributed by atoms with Crippen LogP contribution in [-0.4, -0.2) is 24.5 Å². The SMILES string of the molecule is CS(=O)(=O)c1ccc(-c2cc(C(F)(F)F)nn2Cc2ccccc2)cc1. The quantitative estimate of drug-likeness (QED) is 0.687. The molecule has 26 heavy (non-hydrogen) atoms. The Labute approximate surface area is 148 Å². The van der Waals surface area contributed by atoms with Gasteiger partial charge in [-0.2, -0.15) is 18.3 Å². The lowest BCUT2D eigenvalue weighted by molar-refractivity contribution is -0.141. The number of aromatic nitrogens is 2. The summed E-state index contributed by atoms with van der Waals surface area (Å²) in [6, 6.07) is 15.7. The highest BCUT2D eigenvalue weighted by Crippen LogP contribution is 2.32. The van der Waals surface area contributed by atoms with E-state index < -0.39 is 21.7 Å². The van der Waals surface area contributed by atoms with E-state index >= 15 is 0 Å². The third-order valence-electron chi connectivity index (χ3n) is 3.82. The number of benzene rings is 2. The molecular formula is C18H15F3N2O2S. The van der Waals surface area contributed by atoms with E-state index in [0.717, 1.165) is 17.9 Å². The summed E-state index contributed by atoms with van der Waals surface area (Å²) in [6.07, 6.45) is -3.49. The first-order chi connectivity index (χ1) is 12.1. The topological polar surface area (TPSA) is 52.0 Å². The average molecular weight is 380 g/mol. The Hall–Kier alpha value is -2.61. The molecule has 0 fully saturated rings. The highest BCUT2D eigenvalue weighted by molar-refractivity contribution is 7.90. The molecule has 8 heteroatoms. The monoisotopic (exact) mass is 380 g/mol. The summed E-state index contributed by atoms with van der Waals surface area (Å²) in [5.74, 6) is 0. The van der Waals surface area contributed by atoms with Crippen molar-refractivity contribution in [3.63, 3.8) is 0 Å². The van der Waals surface area contributed by atoms with Crippen LogP contribution in [0.3, 0.4) is 0 Å². The summed E-state index contributed by atoms with van der Waals surface area (Å²) >= 11 is 0. The Morgan fingerprint density at radius 3 is 2.15 bits per heavy atom. The molecule has 0 saturated carbocycles. The summed E-state index contributed by atoms with van der Waals surface area (Å²) in [5, 5.41) is 3.70. The highest BCUT2D eigenvalue weighted by Gasteiger charge is 2.35. The molecule has 2 aromatic carbocycles. The van der Waals surface area contributed by atoms with Crippen LogP contribution in [0.1, 0.15) is 11.3 Å². The zero-order chi connectivity index (χ0) is 18.9. The number of sulfone groups is 1. The second kappa shape index (κ2) is 6.60. The molecular weight excluding hydrogens is 365 g/mol. The van der Waals surface area contributed by atoms with Crippen molar-refractivity contribution >= 4 is 9.84 Å². The van der Waals surface area contributed by atoms with E-state index in [2.05, 4.69) is 5.10 Å². The number of nitrogens with zero attached hydrogens (tertiary/aromatic N) is 2. The molecule has 0 radical (unpaired) electrons. The molecule has 1 heterocycles. The van der Waals surface area contributed by atoms with Crippen LogP contribution < -0.4 is 0 Å². The van der Waals surface area contributed by atoms with Crippen LogP contribution in [0.2, 0.25) is 0 Å². The minimum absolute atomic E-state index is 0.103. The largest absolute Gasteiger partial charge is 0.435 e. The van der Waals surface area contributed by atoms with Gasteiger partial charge in [0.2, 0.25) is 0 Å². The van der Waals surface area contributed by atoms with Crippen molar-refractivity contribution in [2.45, 2.75) is 17.6 Å². The molecule has 136 valence electrons. The van der Waals surface area contributed by atoms with E-state index in [0.29, 0.717) is 5.56 Å². The second-order valence-corrected chi connectivity index (χ2v) is 7.87. The Morgan fingerprint density at radius 2 is 1.62 bits per heavy atom. The zero-order valence-electron chi connectivity index (χ0n) is 13.7. The first-order valence-electron chi connectivity index (χ1n) is 7.64. The number of alkyl halides is 3. The van der Waals surface area contributed by atoms with Crippen LogP contribution >= 0.6 is 0 Å². The number of rotatable bonds is 4. The summed E-state index contributed by atoms with van der Waals surface area (Å²) in [6.45, 7) is 0.167. The molecule has 4 nitrogen and oxygen atoms in total. The van der Waals surface area contributed by atoms with Crippen LogP contribution in [0.25, 0.3) is 11.3 Å². The fourth-order valence-corrected chi connectivity index (χ4v) is 3.17. The van der Waals surface area contributed by atoms with Crippen LogP contribution in [0, 0.1) is 0 Å². The maximum Gasteiger partial charge on any atom is 0.435 e. The van der Waals surface area contributed by atoms with Crippen molar-refractivity contribution in [2.24, 2.45) is 0 Å². The normalized spacial score (nSPS) is 12.3. The lowest BCUT2D eigenvalue weighted by atomic mass is 10.1. The summed E-state index contributed by atoms with van der Waals surface area (Å²) in [5.41, 5.74) is 0.534. The van der Waals surface area contributed by atoms with Crippen molar-refractivity contribution in [3.05, 3.63) is 71.9 Å².